The van der Waals surface area contributed by atoms with Gasteiger partial charge in [-0.15, -0.1) is 24.0 Å². The zero-order valence-corrected chi connectivity index (χ0v) is 15.4. The number of ether oxygens (including phenoxy) is 2. The quantitative estimate of drug-likeness (QED) is 0.414. The number of aliphatic imine (C=N–C) groups is 1. The fraction of sp³-hybridized carbons (Fsp3) is 0.462. The van der Waals surface area contributed by atoms with E-state index >= 15 is 0 Å². The largest absolute Gasteiger partial charge is 0.490 e. The van der Waals surface area contributed by atoms with Gasteiger partial charge in [0.25, 0.3) is 0 Å². The van der Waals surface area contributed by atoms with Crippen LogP contribution in [0.3, 0.4) is 0 Å². The predicted molar refractivity (Wildman–Crippen MR) is 97.3 cm³/mol. The summed E-state index contributed by atoms with van der Waals surface area (Å²) in [5.41, 5.74) is 6.42. The van der Waals surface area contributed by atoms with Gasteiger partial charge in [0.1, 0.15) is 9.84 Å². The van der Waals surface area contributed by atoms with Crippen LogP contribution in [-0.2, 0) is 9.84 Å². The summed E-state index contributed by atoms with van der Waals surface area (Å²) in [6.45, 7) is 1.37. The summed E-state index contributed by atoms with van der Waals surface area (Å²) in [6.07, 6.45) is 2.00. The number of rotatable bonds is 4. The van der Waals surface area contributed by atoms with Crippen LogP contribution in [-0.4, -0.2) is 46.1 Å². The molecule has 0 unspecified atom stereocenters. The first-order valence-electron chi connectivity index (χ1n) is 6.58. The Labute approximate surface area is 147 Å². The van der Waals surface area contributed by atoms with Crippen LogP contribution in [0.5, 0.6) is 11.5 Å². The van der Waals surface area contributed by atoms with Crippen molar-refractivity contribution in [3.05, 3.63) is 18.2 Å². The van der Waals surface area contributed by atoms with Crippen LogP contribution in [0.25, 0.3) is 0 Å². The van der Waals surface area contributed by atoms with Gasteiger partial charge in [-0.2, -0.15) is 0 Å². The number of sulfone groups is 1. The lowest BCUT2D eigenvalue weighted by Gasteiger charge is -2.10. The topological polar surface area (TPSA) is 103 Å². The van der Waals surface area contributed by atoms with E-state index in [1.165, 1.54) is 0 Å². The molecule has 1 aliphatic rings. The fourth-order valence-electron chi connectivity index (χ4n) is 1.76. The van der Waals surface area contributed by atoms with Gasteiger partial charge in [0, 0.05) is 24.4 Å². The van der Waals surface area contributed by atoms with Crippen molar-refractivity contribution in [2.75, 3.05) is 37.1 Å². The van der Waals surface area contributed by atoms with Crippen molar-refractivity contribution in [3.8, 4) is 11.5 Å². The Morgan fingerprint density at radius 2 is 2.00 bits per heavy atom. The van der Waals surface area contributed by atoms with Crippen LogP contribution >= 0.6 is 24.0 Å². The number of anilines is 1. The molecule has 3 N–H and O–H groups in total. The molecule has 1 aromatic rings. The fourth-order valence-corrected chi connectivity index (χ4v) is 2.18. The Kier molecular flexibility index (Phi) is 7.20. The maximum Gasteiger partial charge on any atom is 0.193 e. The van der Waals surface area contributed by atoms with E-state index in [1.807, 2.05) is 0 Å². The Balaban J connectivity index is 0.00000242. The third-order valence-corrected chi connectivity index (χ3v) is 3.69. The van der Waals surface area contributed by atoms with Gasteiger partial charge in [0.05, 0.1) is 25.5 Å². The predicted octanol–water partition coefficient (Wildman–Crippen LogP) is 1.24. The number of nitrogens with two attached hydrogens (primary N) is 1. The molecule has 2 rings (SSSR count). The van der Waals surface area contributed by atoms with Gasteiger partial charge < -0.3 is 20.5 Å². The average Bonchev–Trinajstić information content (AvgIpc) is 2.61. The van der Waals surface area contributed by atoms with Crippen molar-refractivity contribution < 1.29 is 17.9 Å². The van der Waals surface area contributed by atoms with Crippen LogP contribution in [0.15, 0.2) is 23.2 Å². The van der Waals surface area contributed by atoms with Gasteiger partial charge in [-0.05, 0) is 12.1 Å². The normalized spacial score (nSPS) is 14.7. The first kappa shape index (κ1) is 18.8. The monoisotopic (exact) mass is 441 g/mol. The zero-order chi connectivity index (χ0) is 15.3. The number of guanidine groups is 1. The second kappa shape index (κ2) is 8.42. The molecule has 0 radical (unpaired) electrons. The van der Waals surface area contributed by atoms with Crippen molar-refractivity contribution in [1.29, 1.82) is 0 Å². The van der Waals surface area contributed by atoms with Gasteiger partial charge >= 0.3 is 0 Å². The maximum atomic E-state index is 11.0. The second-order valence-corrected chi connectivity index (χ2v) is 6.99. The van der Waals surface area contributed by atoms with E-state index in [4.69, 9.17) is 15.2 Å². The molecule has 0 bridgehead atoms. The molecule has 0 fully saturated rings. The number of nitrogens with zero attached hydrogens (tertiary/aromatic N) is 1. The van der Waals surface area contributed by atoms with Crippen LogP contribution in [0, 0.1) is 0 Å². The molecule has 0 atom stereocenters. The van der Waals surface area contributed by atoms with Crippen molar-refractivity contribution in [2.24, 2.45) is 10.7 Å². The van der Waals surface area contributed by atoms with Crippen LogP contribution in [0.2, 0.25) is 0 Å². The van der Waals surface area contributed by atoms with Crippen LogP contribution < -0.4 is 20.5 Å². The Hall–Kier alpha value is -1.23. The smallest absolute Gasteiger partial charge is 0.193 e. The minimum atomic E-state index is -3.04. The highest BCUT2D eigenvalue weighted by Crippen LogP contribution is 2.32. The summed E-state index contributed by atoms with van der Waals surface area (Å²) in [6, 6.07) is 5.37. The average molecular weight is 441 g/mol. The molecule has 1 aliphatic heterocycles. The zero-order valence-electron chi connectivity index (χ0n) is 12.2. The molecule has 0 amide bonds. The summed E-state index contributed by atoms with van der Waals surface area (Å²) in [5, 5.41) is 2.90. The van der Waals surface area contributed by atoms with Crippen LogP contribution in [0.4, 0.5) is 5.69 Å². The molecule has 0 aromatic heterocycles. The molecule has 1 aromatic carbocycles. The molecule has 7 nitrogen and oxygen atoms in total. The first-order chi connectivity index (χ1) is 9.94. The van der Waals surface area contributed by atoms with Crippen molar-refractivity contribution >= 4 is 45.5 Å². The minimum absolute atomic E-state index is 0. The lowest BCUT2D eigenvalue weighted by molar-refractivity contribution is 0.297. The van der Waals surface area contributed by atoms with Crippen molar-refractivity contribution in [1.82, 2.24) is 0 Å². The molecule has 0 aliphatic carbocycles. The van der Waals surface area contributed by atoms with E-state index < -0.39 is 9.84 Å². The summed E-state index contributed by atoms with van der Waals surface area (Å²) >= 11 is 0. The standard InChI is InChI=1S/C13H19N3O4S.HI/c1-21(17,18)8-5-15-13(14)16-10-3-4-11-12(9-10)20-7-2-6-19-11;/h3-4,9H,2,5-8H2,1H3,(H3,14,15,16);1H. The summed E-state index contributed by atoms with van der Waals surface area (Å²) in [5.74, 6) is 1.48. The highest BCUT2D eigenvalue weighted by atomic mass is 127. The highest BCUT2D eigenvalue weighted by molar-refractivity contribution is 14.0. The Morgan fingerprint density at radius 3 is 2.68 bits per heavy atom. The molecular weight excluding hydrogens is 421 g/mol. The third-order valence-electron chi connectivity index (χ3n) is 2.76. The van der Waals surface area contributed by atoms with E-state index in [-0.39, 0.29) is 42.2 Å². The van der Waals surface area contributed by atoms with Gasteiger partial charge in [0.2, 0.25) is 0 Å². The van der Waals surface area contributed by atoms with Crippen molar-refractivity contribution in [2.45, 2.75) is 6.42 Å². The van der Waals surface area contributed by atoms with Gasteiger partial charge in [-0.1, -0.05) is 0 Å². The maximum absolute atomic E-state index is 11.0. The molecule has 1 heterocycles. The highest BCUT2D eigenvalue weighted by Gasteiger charge is 2.10. The van der Waals surface area contributed by atoms with Gasteiger partial charge in [-0.25, -0.2) is 8.42 Å². The summed E-state index contributed by atoms with van der Waals surface area (Å²) in [4.78, 5) is 3.97. The van der Waals surface area contributed by atoms with E-state index in [1.54, 1.807) is 18.2 Å². The van der Waals surface area contributed by atoms with E-state index in [0.29, 0.717) is 30.4 Å². The number of benzene rings is 1. The third kappa shape index (κ3) is 6.26. The Morgan fingerprint density at radius 1 is 1.32 bits per heavy atom. The number of nitrogens with one attached hydrogen (secondary N) is 1. The van der Waals surface area contributed by atoms with E-state index in [0.717, 1.165) is 12.7 Å². The first-order valence-corrected chi connectivity index (χ1v) is 8.64. The van der Waals surface area contributed by atoms with Gasteiger partial charge in [-0.3, -0.25) is 4.99 Å². The lowest BCUT2D eigenvalue weighted by atomic mass is 10.3. The molecule has 22 heavy (non-hydrogen) atoms. The number of hydrogen-bond donors (Lipinski definition) is 2. The molecule has 0 saturated carbocycles. The number of fused-ring (bicyclic) bond motifs is 1. The van der Waals surface area contributed by atoms with Crippen LogP contribution in [0.1, 0.15) is 6.42 Å². The van der Waals surface area contributed by atoms with Crippen molar-refractivity contribution in [3.63, 3.8) is 0 Å². The molecule has 0 saturated heterocycles. The molecule has 0 spiro atoms. The Bertz CT molecular complexity index is 634. The SMILES string of the molecule is CS(=O)(=O)CCN=C(N)Nc1ccc2c(c1)OCCCO2.I. The summed E-state index contributed by atoms with van der Waals surface area (Å²) < 4.78 is 33.1. The van der Waals surface area contributed by atoms with E-state index in [9.17, 15) is 8.42 Å². The summed E-state index contributed by atoms with van der Waals surface area (Å²) in [7, 11) is -3.04. The number of hydrogen-bond acceptors (Lipinski definition) is 5. The second-order valence-electron chi connectivity index (χ2n) is 4.73. The molecular formula is C13H20IN3O4S. The van der Waals surface area contributed by atoms with Gasteiger partial charge in [0.15, 0.2) is 17.5 Å². The van der Waals surface area contributed by atoms with E-state index in [2.05, 4.69) is 10.3 Å². The molecule has 9 heteroatoms. The number of halogens is 1. The minimum Gasteiger partial charge on any atom is -0.490 e. The molecule has 124 valence electrons. The lowest BCUT2D eigenvalue weighted by Crippen LogP contribution is -2.23.